The Bertz CT molecular complexity index is 1060. The predicted octanol–water partition coefficient (Wildman–Crippen LogP) is 4.52. The number of carbonyl (C=O) groups is 1. The fraction of sp³-hybridized carbons (Fsp3) is 0.333. The number of aromatic nitrogens is 2. The molecule has 1 aliphatic rings. The summed E-state index contributed by atoms with van der Waals surface area (Å²) >= 11 is 0. The Balaban J connectivity index is 1.88. The molecule has 0 saturated heterocycles. The van der Waals surface area contributed by atoms with E-state index in [1.165, 1.54) is 11.1 Å². The molecule has 1 aromatic heterocycles. The Hall–Kier alpha value is -2.92. The lowest BCUT2D eigenvalue weighted by Gasteiger charge is -2.24. The molecule has 1 N–H and O–H groups in total. The minimum absolute atomic E-state index is 0.0952. The molecule has 5 nitrogen and oxygen atoms in total. The minimum atomic E-state index is -0.936. The number of carboxylic acid groups (broad SMARTS) is 1. The average Bonchev–Trinajstić information content (AvgIpc) is 3.06. The lowest BCUT2D eigenvalue weighted by molar-refractivity contribution is 0.0696. The number of aromatic carboxylic acids is 1. The average molecular weight is 389 g/mol. The van der Waals surface area contributed by atoms with Crippen molar-refractivity contribution in [2.45, 2.75) is 39.2 Å². The van der Waals surface area contributed by atoms with Crippen molar-refractivity contribution in [1.29, 1.82) is 0 Å². The van der Waals surface area contributed by atoms with Gasteiger partial charge < -0.3 is 10.0 Å². The molecule has 0 bridgehead atoms. The molecule has 0 radical (unpaired) electrons. The van der Waals surface area contributed by atoms with Crippen LogP contribution in [0.5, 0.6) is 0 Å². The highest BCUT2D eigenvalue weighted by molar-refractivity contribution is 5.92. The highest BCUT2D eigenvalue weighted by Crippen LogP contribution is 2.33. The normalized spacial score (nSPS) is 14.6. The number of carboxylic acids is 1. The first-order valence-electron chi connectivity index (χ1n) is 9.98. The van der Waals surface area contributed by atoms with Gasteiger partial charge in [0, 0.05) is 30.6 Å². The van der Waals surface area contributed by atoms with Gasteiger partial charge in [-0.05, 0) is 30.2 Å². The third-order valence-corrected chi connectivity index (χ3v) is 5.64. The molecular weight excluding hydrogens is 362 g/mol. The van der Waals surface area contributed by atoms with E-state index in [4.69, 9.17) is 5.10 Å². The van der Waals surface area contributed by atoms with Crippen LogP contribution >= 0.6 is 0 Å². The molecule has 3 aromatic rings. The van der Waals surface area contributed by atoms with E-state index in [-0.39, 0.29) is 11.0 Å². The molecule has 2 aromatic carbocycles. The Morgan fingerprint density at radius 1 is 1.07 bits per heavy atom. The number of fused-ring (bicyclic) bond motifs is 1. The van der Waals surface area contributed by atoms with Gasteiger partial charge in [0.15, 0.2) is 0 Å². The molecule has 0 saturated carbocycles. The molecule has 0 fully saturated rings. The largest absolute Gasteiger partial charge is 0.478 e. The molecule has 0 atom stereocenters. The van der Waals surface area contributed by atoms with Crippen molar-refractivity contribution in [1.82, 2.24) is 14.7 Å². The van der Waals surface area contributed by atoms with Crippen molar-refractivity contribution in [3.05, 3.63) is 70.9 Å². The fourth-order valence-corrected chi connectivity index (χ4v) is 3.95. The first kappa shape index (κ1) is 19.4. The first-order chi connectivity index (χ1) is 13.8. The third-order valence-electron chi connectivity index (χ3n) is 5.64. The van der Waals surface area contributed by atoms with Crippen molar-refractivity contribution in [2.75, 3.05) is 13.6 Å². The van der Waals surface area contributed by atoms with E-state index in [0.717, 1.165) is 36.5 Å². The highest BCUT2D eigenvalue weighted by atomic mass is 16.4. The van der Waals surface area contributed by atoms with Gasteiger partial charge in [0.1, 0.15) is 0 Å². The molecule has 1 aliphatic heterocycles. The zero-order valence-corrected chi connectivity index (χ0v) is 17.4. The second-order valence-electron chi connectivity index (χ2n) is 8.82. The minimum Gasteiger partial charge on any atom is -0.478 e. The molecule has 150 valence electrons. The molecular formula is C24H27N3O2. The first-order valence-corrected chi connectivity index (χ1v) is 9.98. The van der Waals surface area contributed by atoms with E-state index >= 15 is 0 Å². The molecule has 0 amide bonds. The number of nitrogens with zero attached hydrogens (tertiary/aromatic N) is 3. The smallest absolute Gasteiger partial charge is 0.337 e. The fourth-order valence-electron chi connectivity index (χ4n) is 3.95. The van der Waals surface area contributed by atoms with E-state index in [2.05, 4.69) is 57.0 Å². The van der Waals surface area contributed by atoms with Crippen molar-refractivity contribution >= 4 is 5.97 Å². The summed E-state index contributed by atoms with van der Waals surface area (Å²) in [5.74, 6) is -0.936. The second-order valence-corrected chi connectivity index (χ2v) is 8.82. The summed E-state index contributed by atoms with van der Waals surface area (Å²) in [7, 11) is 2.11. The van der Waals surface area contributed by atoms with Gasteiger partial charge in [0.25, 0.3) is 0 Å². The molecule has 0 aliphatic carbocycles. The molecule has 2 heterocycles. The summed E-state index contributed by atoms with van der Waals surface area (Å²) in [5, 5.41) is 14.6. The van der Waals surface area contributed by atoms with Crippen LogP contribution in [0.4, 0.5) is 0 Å². The van der Waals surface area contributed by atoms with Gasteiger partial charge in [-0.3, -0.25) is 0 Å². The third kappa shape index (κ3) is 3.58. The van der Waals surface area contributed by atoms with Crippen LogP contribution in [-0.4, -0.2) is 39.3 Å². The quantitative estimate of drug-likeness (QED) is 0.715. The Morgan fingerprint density at radius 3 is 2.41 bits per heavy atom. The van der Waals surface area contributed by atoms with E-state index in [9.17, 15) is 9.90 Å². The van der Waals surface area contributed by atoms with Crippen molar-refractivity contribution in [3.63, 3.8) is 0 Å². The van der Waals surface area contributed by atoms with E-state index < -0.39 is 5.97 Å². The van der Waals surface area contributed by atoms with Crippen molar-refractivity contribution < 1.29 is 9.90 Å². The van der Waals surface area contributed by atoms with Gasteiger partial charge in [0.2, 0.25) is 0 Å². The van der Waals surface area contributed by atoms with Crippen LogP contribution in [0.25, 0.3) is 16.9 Å². The Morgan fingerprint density at radius 2 is 1.76 bits per heavy atom. The van der Waals surface area contributed by atoms with Crippen LogP contribution in [0.15, 0.2) is 48.5 Å². The van der Waals surface area contributed by atoms with E-state index in [1.54, 1.807) is 12.1 Å². The maximum Gasteiger partial charge on any atom is 0.337 e. The van der Waals surface area contributed by atoms with Crippen LogP contribution in [0, 0.1) is 0 Å². The van der Waals surface area contributed by atoms with Gasteiger partial charge in [-0.25, -0.2) is 9.48 Å². The van der Waals surface area contributed by atoms with Crippen LogP contribution < -0.4 is 0 Å². The van der Waals surface area contributed by atoms with E-state index in [1.807, 2.05) is 16.8 Å². The van der Waals surface area contributed by atoms with Gasteiger partial charge >= 0.3 is 5.97 Å². The summed E-state index contributed by atoms with van der Waals surface area (Å²) < 4.78 is 1.85. The number of para-hydroxylation sites is 1. The zero-order valence-electron chi connectivity index (χ0n) is 17.4. The van der Waals surface area contributed by atoms with Crippen molar-refractivity contribution in [3.8, 4) is 16.9 Å². The molecule has 4 rings (SSSR count). The molecule has 0 spiro atoms. The summed E-state index contributed by atoms with van der Waals surface area (Å²) in [6, 6.07) is 15.7. The highest BCUT2D eigenvalue weighted by Gasteiger charge is 2.26. The lowest BCUT2D eigenvalue weighted by atomic mass is 9.86. The summed E-state index contributed by atoms with van der Waals surface area (Å²) in [5.41, 5.74) is 6.56. The number of hydrogen-bond acceptors (Lipinski definition) is 3. The van der Waals surface area contributed by atoms with E-state index in [0.29, 0.717) is 5.69 Å². The Kier molecular flexibility index (Phi) is 4.79. The standard InChI is InChI=1S/C24H27N3O2/c1-24(2,3)17-11-9-16(10-12-17)22-19-15-26(4)14-13-21(19)27(25-22)20-8-6-5-7-18(20)23(28)29/h5-12H,13-15H2,1-4H3,(H,28,29). The summed E-state index contributed by atoms with van der Waals surface area (Å²) in [6.45, 7) is 8.35. The summed E-state index contributed by atoms with van der Waals surface area (Å²) in [4.78, 5) is 14.1. The van der Waals surface area contributed by atoms with Gasteiger partial charge in [0.05, 0.1) is 22.6 Å². The molecule has 29 heavy (non-hydrogen) atoms. The zero-order chi connectivity index (χ0) is 20.8. The van der Waals surface area contributed by atoms with Crippen molar-refractivity contribution in [2.24, 2.45) is 0 Å². The number of benzene rings is 2. The Labute approximate surface area is 171 Å². The maximum absolute atomic E-state index is 11.8. The number of hydrogen-bond donors (Lipinski definition) is 1. The topological polar surface area (TPSA) is 58.4 Å². The van der Waals surface area contributed by atoms with Gasteiger partial charge in [-0.1, -0.05) is 57.2 Å². The number of likely N-dealkylation sites (N-methyl/N-ethyl adjacent to an activating group) is 1. The van der Waals surface area contributed by atoms with Crippen LogP contribution in [0.1, 0.15) is 48.0 Å². The predicted molar refractivity (Wildman–Crippen MR) is 115 cm³/mol. The van der Waals surface area contributed by atoms with Gasteiger partial charge in [-0.2, -0.15) is 5.10 Å². The maximum atomic E-state index is 11.8. The lowest BCUT2D eigenvalue weighted by Crippen LogP contribution is -2.27. The molecule has 5 heteroatoms. The second kappa shape index (κ2) is 7.16. The van der Waals surface area contributed by atoms with Crippen LogP contribution in [-0.2, 0) is 18.4 Å². The summed E-state index contributed by atoms with van der Waals surface area (Å²) in [6.07, 6.45) is 0.840. The van der Waals surface area contributed by atoms with Gasteiger partial charge in [-0.15, -0.1) is 0 Å². The van der Waals surface area contributed by atoms with Crippen LogP contribution in [0.2, 0.25) is 0 Å². The van der Waals surface area contributed by atoms with Crippen LogP contribution in [0.3, 0.4) is 0 Å². The number of rotatable bonds is 3. The molecule has 0 unspecified atom stereocenters. The SMILES string of the molecule is CN1CCc2c(c(-c3ccc(C(C)(C)C)cc3)nn2-c2ccccc2C(=O)O)C1. The monoisotopic (exact) mass is 389 g/mol.